The van der Waals surface area contributed by atoms with Gasteiger partial charge in [0.15, 0.2) is 12.4 Å². The Balaban J connectivity index is 1.42. The van der Waals surface area contributed by atoms with E-state index in [9.17, 15) is 4.79 Å². The van der Waals surface area contributed by atoms with Gasteiger partial charge in [-0.25, -0.2) is 0 Å². The number of nitrogens with one attached hydrogen (secondary N) is 2. The van der Waals surface area contributed by atoms with Gasteiger partial charge in [-0.05, 0) is 63.0 Å². The van der Waals surface area contributed by atoms with Crippen LogP contribution in [0.5, 0.6) is 5.75 Å². The molecular formula is C17H22N4O3. The van der Waals surface area contributed by atoms with Crippen LogP contribution in [-0.2, 0) is 11.4 Å². The van der Waals surface area contributed by atoms with Crippen molar-refractivity contribution in [3.8, 4) is 5.75 Å². The maximum absolute atomic E-state index is 12.0. The number of anilines is 1. The molecule has 1 saturated heterocycles. The fourth-order valence-electron chi connectivity index (χ4n) is 2.70. The first-order chi connectivity index (χ1) is 11.7. The lowest BCUT2D eigenvalue weighted by molar-refractivity contribution is -0.116. The monoisotopic (exact) mass is 330 g/mol. The van der Waals surface area contributed by atoms with E-state index in [2.05, 4.69) is 20.8 Å². The zero-order valence-electron chi connectivity index (χ0n) is 13.7. The van der Waals surface area contributed by atoms with Crippen LogP contribution in [0.15, 0.2) is 28.8 Å². The summed E-state index contributed by atoms with van der Waals surface area (Å²) >= 11 is 0. The van der Waals surface area contributed by atoms with Crippen molar-refractivity contribution in [2.75, 3.05) is 18.4 Å². The van der Waals surface area contributed by atoms with Crippen molar-refractivity contribution >= 4 is 11.6 Å². The van der Waals surface area contributed by atoms with E-state index in [4.69, 9.17) is 9.26 Å². The van der Waals surface area contributed by atoms with Crippen LogP contribution in [0.4, 0.5) is 5.69 Å². The summed E-state index contributed by atoms with van der Waals surface area (Å²) < 4.78 is 10.5. The Morgan fingerprint density at radius 2 is 2.25 bits per heavy atom. The largest absolute Gasteiger partial charge is 0.484 e. The lowest BCUT2D eigenvalue weighted by atomic mass is 10.0. The summed E-state index contributed by atoms with van der Waals surface area (Å²) in [5, 5.41) is 9.93. The van der Waals surface area contributed by atoms with Gasteiger partial charge in [0.2, 0.25) is 5.91 Å². The average Bonchev–Trinajstić information content (AvgIpc) is 3.24. The van der Waals surface area contributed by atoms with Crippen LogP contribution in [0.1, 0.15) is 31.0 Å². The summed E-state index contributed by atoms with van der Waals surface area (Å²) in [7, 11) is 0. The number of aromatic nitrogens is 2. The maximum atomic E-state index is 12.0. The molecule has 3 rings (SSSR count). The summed E-state index contributed by atoms with van der Waals surface area (Å²) in [6.45, 7) is 4.07. The van der Waals surface area contributed by atoms with Gasteiger partial charge in [-0.15, -0.1) is 0 Å². The Hall–Kier alpha value is -2.41. The van der Waals surface area contributed by atoms with Crippen LogP contribution in [0.25, 0.3) is 0 Å². The molecule has 128 valence electrons. The molecule has 1 unspecified atom stereocenters. The lowest BCUT2D eigenvalue weighted by Crippen LogP contribution is -2.14. The van der Waals surface area contributed by atoms with Crippen LogP contribution in [0, 0.1) is 12.8 Å². The van der Waals surface area contributed by atoms with Crippen molar-refractivity contribution in [3.63, 3.8) is 0 Å². The zero-order chi connectivity index (χ0) is 16.8. The van der Waals surface area contributed by atoms with Gasteiger partial charge >= 0.3 is 0 Å². The molecule has 24 heavy (non-hydrogen) atoms. The minimum absolute atomic E-state index is 0.0527. The van der Waals surface area contributed by atoms with Gasteiger partial charge in [0.25, 0.3) is 5.89 Å². The van der Waals surface area contributed by atoms with Gasteiger partial charge in [-0.2, -0.15) is 4.98 Å². The SMILES string of the molecule is Cc1noc(COc2ccc(NC(=O)CCC3CCNC3)cc2)n1. The van der Waals surface area contributed by atoms with Crippen LogP contribution in [0.3, 0.4) is 0 Å². The van der Waals surface area contributed by atoms with Crippen LogP contribution >= 0.6 is 0 Å². The Kier molecular flexibility index (Phi) is 5.43. The summed E-state index contributed by atoms with van der Waals surface area (Å²) in [5.74, 6) is 2.38. The maximum Gasteiger partial charge on any atom is 0.264 e. The minimum Gasteiger partial charge on any atom is -0.484 e. The van der Waals surface area contributed by atoms with Crippen molar-refractivity contribution < 1.29 is 14.1 Å². The van der Waals surface area contributed by atoms with E-state index in [-0.39, 0.29) is 12.5 Å². The molecule has 2 N–H and O–H groups in total. The molecule has 1 aliphatic rings. The number of aryl methyl sites for hydroxylation is 1. The first-order valence-corrected chi connectivity index (χ1v) is 8.21. The predicted molar refractivity (Wildman–Crippen MR) is 88.6 cm³/mol. The van der Waals surface area contributed by atoms with E-state index in [1.807, 2.05) is 12.1 Å². The highest BCUT2D eigenvalue weighted by atomic mass is 16.5. The first-order valence-electron chi connectivity index (χ1n) is 8.21. The molecule has 0 saturated carbocycles. The molecule has 1 aromatic carbocycles. The molecule has 0 aliphatic carbocycles. The second-order valence-electron chi connectivity index (χ2n) is 5.99. The van der Waals surface area contributed by atoms with Gasteiger partial charge in [0.1, 0.15) is 5.75 Å². The molecule has 0 radical (unpaired) electrons. The van der Waals surface area contributed by atoms with Gasteiger partial charge in [0, 0.05) is 12.1 Å². The molecule has 1 fully saturated rings. The molecular weight excluding hydrogens is 308 g/mol. The van der Waals surface area contributed by atoms with E-state index >= 15 is 0 Å². The molecule has 0 spiro atoms. The molecule has 1 amide bonds. The molecule has 7 heteroatoms. The second-order valence-corrected chi connectivity index (χ2v) is 5.99. The zero-order valence-corrected chi connectivity index (χ0v) is 13.7. The van der Waals surface area contributed by atoms with Crippen molar-refractivity contribution in [1.82, 2.24) is 15.5 Å². The molecule has 1 atom stereocenters. The standard InChI is InChI=1S/C17H22N4O3/c1-12-19-17(24-21-12)11-23-15-5-3-14(4-6-15)20-16(22)7-2-13-8-9-18-10-13/h3-6,13,18H,2,7-11H2,1H3,(H,20,22). The van der Waals surface area contributed by atoms with Crippen LogP contribution in [0.2, 0.25) is 0 Å². The fourth-order valence-corrected chi connectivity index (χ4v) is 2.70. The smallest absolute Gasteiger partial charge is 0.264 e. The van der Waals surface area contributed by atoms with E-state index in [0.717, 1.165) is 25.2 Å². The number of ether oxygens (including phenoxy) is 1. The first kappa shape index (κ1) is 16.4. The Morgan fingerprint density at radius 3 is 2.92 bits per heavy atom. The van der Waals surface area contributed by atoms with E-state index in [1.165, 1.54) is 6.42 Å². The van der Waals surface area contributed by atoms with Gasteiger partial charge in [-0.3, -0.25) is 4.79 Å². The highest BCUT2D eigenvalue weighted by Gasteiger charge is 2.15. The summed E-state index contributed by atoms with van der Waals surface area (Å²) in [6, 6.07) is 7.26. The van der Waals surface area contributed by atoms with E-state index in [1.54, 1.807) is 19.1 Å². The average molecular weight is 330 g/mol. The quantitative estimate of drug-likeness (QED) is 0.809. The number of hydrogen-bond donors (Lipinski definition) is 2. The number of amides is 1. The summed E-state index contributed by atoms with van der Waals surface area (Å²) in [4.78, 5) is 16.0. The number of carbonyl (C=O) groups is 1. The number of carbonyl (C=O) groups excluding carboxylic acids is 1. The third kappa shape index (κ3) is 4.79. The van der Waals surface area contributed by atoms with E-state index in [0.29, 0.717) is 29.8 Å². The Bertz CT molecular complexity index is 663. The van der Waals surface area contributed by atoms with Crippen molar-refractivity contribution in [2.24, 2.45) is 5.92 Å². The summed E-state index contributed by atoms with van der Waals surface area (Å²) in [5.41, 5.74) is 0.769. The number of nitrogens with zero attached hydrogens (tertiary/aromatic N) is 2. The number of rotatable bonds is 7. The Labute approximate surface area is 140 Å². The molecule has 1 aliphatic heterocycles. The van der Waals surface area contributed by atoms with Gasteiger partial charge < -0.3 is 19.9 Å². The second kappa shape index (κ2) is 7.92. The van der Waals surface area contributed by atoms with Crippen molar-refractivity contribution in [3.05, 3.63) is 36.0 Å². The van der Waals surface area contributed by atoms with Crippen molar-refractivity contribution in [1.29, 1.82) is 0 Å². The molecule has 1 aromatic heterocycles. The molecule has 2 heterocycles. The van der Waals surface area contributed by atoms with Gasteiger partial charge in [0.05, 0.1) is 0 Å². The lowest BCUT2D eigenvalue weighted by Gasteiger charge is -2.09. The van der Waals surface area contributed by atoms with Gasteiger partial charge in [-0.1, -0.05) is 5.16 Å². The molecule has 2 aromatic rings. The molecule has 0 bridgehead atoms. The molecule has 7 nitrogen and oxygen atoms in total. The van der Waals surface area contributed by atoms with E-state index < -0.39 is 0 Å². The Morgan fingerprint density at radius 1 is 1.42 bits per heavy atom. The minimum atomic E-state index is 0.0527. The fraction of sp³-hybridized carbons (Fsp3) is 0.471. The third-order valence-electron chi connectivity index (χ3n) is 4.01. The topological polar surface area (TPSA) is 89.3 Å². The summed E-state index contributed by atoms with van der Waals surface area (Å²) in [6.07, 6.45) is 2.66. The predicted octanol–water partition coefficient (Wildman–Crippen LogP) is 2.29. The van der Waals surface area contributed by atoms with Crippen LogP contribution < -0.4 is 15.4 Å². The van der Waals surface area contributed by atoms with Crippen LogP contribution in [-0.4, -0.2) is 29.1 Å². The highest BCUT2D eigenvalue weighted by Crippen LogP contribution is 2.18. The number of hydrogen-bond acceptors (Lipinski definition) is 6. The highest BCUT2D eigenvalue weighted by molar-refractivity contribution is 5.90. The third-order valence-corrected chi connectivity index (χ3v) is 4.01. The van der Waals surface area contributed by atoms with Crippen molar-refractivity contribution in [2.45, 2.75) is 32.8 Å². The normalized spacial score (nSPS) is 17.0. The number of benzene rings is 1.